The quantitative estimate of drug-likeness (QED) is 0.202. The van der Waals surface area contributed by atoms with Crippen LogP contribution in [0.3, 0.4) is 0 Å². The van der Waals surface area contributed by atoms with Gasteiger partial charge in [0.1, 0.15) is 7.38 Å². The van der Waals surface area contributed by atoms with E-state index in [0.29, 0.717) is 0 Å². The fraction of sp³-hybridized carbons (Fsp3) is 0.667. The molecule has 4 nitrogen and oxygen atoms in total. The molecule has 0 saturated carbocycles. The Balaban J connectivity index is -0.000000456. The van der Waals surface area contributed by atoms with E-state index in [4.69, 9.17) is 27.5 Å². The maximum atomic E-state index is 6.17. The van der Waals surface area contributed by atoms with Gasteiger partial charge < -0.3 is 16.5 Å². The van der Waals surface area contributed by atoms with Crippen LogP contribution in [0, 0.1) is 0 Å². The lowest BCUT2D eigenvalue weighted by Gasteiger charge is -2.46. The maximum absolute atomic E-state index is 6.17. The minimum atomic E-state index is -2.30. The summed E-state index contributed by atoms with van der Waals surface area (Å²) in [4.78, 5) is 0. The van der Waals surface area contributed by atoms with Crippen LogP contribution in [-0.2, 0) is 16.5 Å². The molecule has 1 aliphatic rings. The van der Waals surface area contributed by atoms with Gasteiger partial charge in [-0.2, -0.15) is 11.1 Å². The number of rotatable bonds is 8. The third-order valence-electron chi connectivity index (χ3n) is 4.05. The lowest BCUT2D eigenvalue weighted by molar-refractivity contribution is 0.250. The van der Waals surface area contributed by atoms with E-state index in [1.165, 1.54) is 18.9 Å². The molecule has 1 saturated heterocycles. The maximum Gasteiger partial charge on any atom is 0.344 e. The number of hydrogen-bond donors (Lipinski definition) is 0. The fourth-order valence-corrected chi connectivity index (χ4v) is 23.7. The molecule has 1 rings (SSSR count). The van der Waals surface area contributed by atoms with Crippen LogP contribution in [0.25, 0.3) is 0 Å². The van der Waals surface area contributed by atoms with E-state index in [-0.39, 0.29) is 0 Å². The van der Waals surface area contributed by atoms with Crippen molar-refractivity contribution in [2.24, 2.45) is 0 Å². The van der Waals surface area contributed by atoms with E-state index < -0.39 is 49.7 Å². The van der Waals surface area contributed by atoms with Crippen molar-refractivity contribution in [3.63, 3.8) is 0 Å². The first-order valence-electron chi connectivity index (χ1n) is 12.6. The van der Waals surface area contributed by atoms with Gasteiger partial charge in [0.25, 0.3) is 0 Å². The molecule has 208 valence electrons. The Bertz CT molecular complexity index is 589. The first-order chi connectivity index (χ1) is 15.5. The van der Waals surface area contributed by atoms with Crippen molar-refractivity contribution < 1.29 is 16.5 Å². The van der Waals surface area contributed by atoms with Crippen molar-refractivity contribution in [2.75, 3.05) is 0 Å². The Labute approximate surface area is 230 Å². The van der Waals surface area contributed by atoms with Crippen LogP contribution < -0.4 is 0 Å². The highest BCUT2D eigenvalue weighted by Gasteiger charge is 2.53. The zero-order chi connectivity index (χ0) is 28.8. The normalized spacial score (nSPS) is 27.7. The van der Waals surface area contributed by atoms with Gasteiger partial charge in [0.2, 0.25) is 8.32 Å². The zero-order valence-electron chi connectivity index (χ0n) is 25.3. The fourth-order valence-electron chi connectivity index (χ4n) is 2.91. The third-order valence-corrected chi connectivity index (χ3v) is 22.7. The van der Waals surface area contributed by atoms with E-state index in [2.05, 4.69) is 98.6 Å². The van der Waals surface area contributed by atoms with Crippen molar-refractivity contribution in [1.82, 2.24) is 0 Å². The van der Waals surface area contributed by atoms with E-state index in [9.17, 15) is 0 Å². The minimum absolute atomic E-state index is 1.14. The molecule has 0 aromatic heterocycles. The third kappa shape index (κ3) is 22.1. The molecule has 0 bridgehead atoms. The van der Waals surface area contributed by atoms with E-state index in [1.54, 1.807) is 17.1 Å². The standard InChI is InChI=1S/C9H18O3Si3.C9H22OSi2.C3H9ClSi.C3H8/c1-7-13(4)10-14(5,8-2)12-15(6,9-3)11-13;1-7-9-12(6,8-2)10-11(3,4)5;1-5(2,3)4;1-3-2/h7-9H,1-3H2,4-6H3;8H,2,7,9H2,1,3-6H3;1-3H3;3H2,1-2H3. The molecule has 0 N–H and O–H groups in total. The summed E-state index contributed by atoms with van der Waals surface area (Å²) in [6.07, 6.45) is 2.46. The smallest absolute Gasteiger partial charge is 0.344 e. The molecule has 1 fully saturated rings. The molecule has 0 radical (unpaired) electrons. The minimum Gasteiger partial charge on any atom is -0.453 e. The molecule has 1 heterocycles. The Morgan fingerprint density at radius 1 is 0.714 bits per heavy atom. The van der Waals surface area contributed by atoms with Crippen molar-refractivity contribution in [3.8, 4) is 0 Å². The molecule has 0 amide bonds. The lowest BCUT2D eigenvalue weighted by atomic mass is 10.6. The van der Waals surface area contributed by atoms with Gasteiger partial charge in [-0.15, -0.1) is 26.3 Å². The van der Waals surface area contributed by atoms with Crippen LogP contribution in [0.1, 0.15) is 33.6 Å². The lowest BCUT2D eigenvalue weighted by Crippen LogP contribution is -2.65. The van der Waals surface area contributed by atoms with Gasteiger partial charge in [-0.1, -0.05) is 76.1 Å². The highest BCUT2D eigenvalue weighted by atomic mass is 35.6. The second-order valence-electron chi connectivity index (χ2n) is 11.2. The predicted molar refractivity (Wildman–Crippen MR) is 175 cm³/mol. The second kappa shape index (κ2) is 17.1. The van der Waals surface area contributed by atoms with Crippen molar-refractivity contribution >= 4 is 60.8 Å². The molecular weight excluding hydrogens is 556 g/mol. The molecule has 1 aliphatic heterocycles. The van der Waals surface area contributed by atoms with Crippen molar-refractivity contribution in [1.29, 1.82) is 0 Å². The van der Waals surface area contributed by atoms with Gasteiger partial charge in [-0.05, 0) is 51.9 Å². The first kappa shape index (κ1) is 39.9. The van der Waals surface area contributed by atoms with E-state index in [0.717, 1.165) is 0 Å². The van der Waals surface area contributed by atoms with Crippen LogP contribution in [-0.4, -0.2) is 49.7 Å². The van der Waals surface area contributed by atoms with Crippen molar-refractivity contribution in [2.45, 2.75) is 105 Å². The number of halogens is 1. The summed E-state index contributed by atoms with van der Waals surface area (Å²) < 4.78 is 24.0. The van der Waals surface area contributed by atoms with Crippen LogP contribution >= 0.6 is 11.1 Å². The molecule has 0 aromatic carbocycles. The first-order valence-corrected chi connectivity index (χ1v) is 30.4. The summed E-state index contributed by atoms with van der Waals surface area (Å²) in [7, 11) is -10.9. The summed E-state index contributed by atoms with van der Waals surface area (Å²) >= 11 is 5.67. The summed E-state index contributed by atoms with van der Waals surface area (Å²) in [5, 5.41) is 0. The van der Waals surface area contributed by atoms with Crippen molar-refractivity contribution in [3.05, 3.63) is 49.1 Å². The average molecular weight is 614 g/mol. The molecule has 1 unspecified atom stereocenters. The molecule has 0 aromatic rings. The summed E-state index contributed by atoms with van der Waals surface area (Å²) in [6, 6.07) is 1.21. The SMILES string of the molecule is C=C[Si](C)(CCC)O[Si](C)(C)C.C=C[Si]1(C)O[Si](C)(C=C)O[Si](C)(C=C)O1.CCC.C[Si](C)(C)Cl. The van der Waals surface area contributed by atoms with Crippen LogP contribution in [0.15, 0.2) is 49.1 Å². The Morgan fingerprint density at radius 2 is 0.971 bits per heavy atom. The Morgan fingerprint density at radius 3 is 1.11 bits per heavy atom. The summed E-state index contributed by atoms with van der Waals surface area (Å²) in [6.45, 7) is 42.9. The van der Waals surface area contributed by atoms with Gasteiger partial charge >= 0.3 is 25.7 Å². The number of hydrogen-bond acceptors (Lipinski definition) is 4. The molecule has 35 heavy (non-hydrogen) atoms. The molecule has 0 aliphatic carbocycles. The van der Waals surface area contributed by atoms with Gasteiger partial charge in [0, 0.05) is 0 Å². The highest BCUT2D eigenvalue weighted by molar-refractivity contribution is 7.18. The molecule has 1 atom stereocenters. The van der Waals surface area contributed by atoms with Gasteiger partial charge in [-0.25, -0.2) is 0 Å². The Kier molecular flexibility index (Phi) is 19.5. The average Bonchev–Trinajstić information content (AvgIpc) is 2.66. The van der Waals surface area contributed by atoms with Gasteiger partial charge in [0.15, 0.2) is 8.32 Å². The topological polar surface area (TPSA) is 36.9 Å². The second-order valence-corrected chi connectivity index (χ2v) is 37.1. The van der Waals surface area contributed by atoms with E-state index >= 15 is 0 Å². The van der Waals surface area contributed by atoms with Gasteiger partial charge in [-0.3, -0.25) is 0 Å². The van der Waals surface area contributed by atoms with Crippen LogP contribution in [0.4, 0.5) is 0 Å². The Hall–Kier alpha value is 0.391. The molecule has 0 spiro atoms. The predicted octanol–water partition coefficient (Wildman–Crippen LogP) is 9.47. The summed E-state index contributed by atoms with van der Waals surface area (Å²) in [5.74, 6) is 0. The zero-order valence-corrected chi connectivity index (χ0v) is 32.0. The van der Waals surface area contributed by atoms with Crippen LogP contribution in [0.5, 0.6) is 0 Å². The van der Waals surface area contributed by atoms with E-state index in [1.807, 2.05) is 19.6 Å². The largest absolute Gasteiger partial charge is 0.453 e. The summed E-state index contributed by atoms with van der Waals surface area (Å²) in [5.41, 5.74) is 7.45. The highest BCUT2D eigenvalue weighted by Crippen LogP contribution is 2.31. The van der Waals surface area contributed by atoms with Crippen LogP contribution in [0.2, 0.25) is 71.5 Å². The molecule has 11 heteroatoms. The van der Waals surface area contributed by atoms with Gasteiger partial charge in [0.05, 0.1) is 0 Å². The monoisotopic (exact) mass is 612 g/mol. The molecular formula is C24H57ClO4Si6.